The van der Waals surface area contributed by atoms with Gasteiger partial charge >= 0.3 is 0 Å². The standard InChI is InChI=1S/C14H9Cl2N3O/c15-8-5-6-9(11(16)7-8)13-18-14(20-19-13)10-3-1-2-4-12(10)17/h1-7H,17H2. The molecule has 0 bridgehead atoms. The summed E-state index contributed by atoms with van der Waals surface area (Å²) in [7, 11) is 0. The molecule has 0 fully saturated rings. The van der Waals surface area contributed by atoms with Gasteiger partial charge in [0, 0.05) is 16.3 Å². The Hall–Kier alpha value is -2.04. The van der Waals surface area contributed by atoms with Gasteiger partial charge in [0.25, 0.3) is 5.89 Å². The van der Waals surface area contributed by atoms with Crippen molar-refractivity contribution >= 4 is 28.9 Å². The van der Waals surface area contributed by atoms with Crippen LogP contribution in [0.2, 0.25) is 10.0 Å². The minimum atomic E-state index is 0.351. The second-order valence-corrected chi connectivity index (χ2v) is 4.98. The molecule has 2 aromatic carbocycles. The highest BCUT2D eigenvalue weighted by molar-refractivity contribution is 6.36. The largest absolute Gasteiger partial charge is 0.398 e. The average Bonchev–Trinajstić information content (AvgIpc) is 2.88. The summed E-state index contributed by atoms with van der Waals surface area (Å²) in [6.07, 6.45) is 0. The lowest BCUT2D eigenvalue weighted by Crippen LogP contribution is -1.89. The van der Waals surface area contributed by atoms with E-state index in [4.69, 9.17) is 33.5 Å². The van der Waals surface area contributed by atoms with Crippen molar-refractivity contribution < 1.29 is 4.52 Å². The lowest BCUT2D eigenvalue weighted by atomic mass is 10.2. The molecule has 0 saturated carbocycles. The van der Waals surface area contributed by atoms with Gasteiger partial charge in [-0.1, -0.05) is 40.5 Å². The molecule has 0 saturated heterocycles. The van der Waals surface area contributed by atoms with E-state index >= 15 is 0 Å². The Bertz CT molecular complexity index is 771. The third kappa shape index (κ3) is 2.35. The zero-order valence-corrected chi connectivity index (χ0v) is 11.7. The fourth-order valence-electron chi connectivity index (χ4n) is 1.80. The SMILES string of the molecule is Nc1ccccc1-c1nc(-c2ccc(Cl)cc2Cl)no1. The molecule has 3 aromatic rings. The molecular formula is C14H9Cl2N3O. The maximum Gasteiger partial charge on any atom is 0.260 e. The summed E-state index contributed by atoms with van der Waals surface area (Å²) in [5.41, 5.74) is 7.80. The van der Waals surface area contributed by atoms with Crippen LogP contribution in [0.3, 0.4) is 0 Å². The molecule has 0 aliphatic heterocycles. The molecule has 0 atom stereocenters. The molecule has 100 valence electrons. The van der Waals surface area contributed by atoms with Gasteiger partial charge < -0.3 is 10.3 Å². The first-order valence-corrected chi connectivity index (χ1v) is 6.55. The second kappa shape index (κ2) is 5.15. The van der Waals surface area contributed by atoms with Crippen LogP contribution >= 0.6 is 23.2 Å². The van der Waals surface area contributed by atoms with E-state index in [1.54, 1.807) is 24.3 Å². The van der Waals surface area contributed by atoms with E-state index in [1.807, 2.05) is 18.2 Å². The lowest BCUT2D eigenvalue weighted by molar-refractivity contribution is 0.432. The van der Waals surface area contributed by atoms with Gasteiger partial charge in [0.05, 0.1) is 10.6 Å². The molecule has 2 N–H and O–H groups in total. The quantitative estimate of drug-likeness (QED) is 0.717. The number of hydrogen-bond acceptors (Lipinski definition) is 4. The molecule has 0 radical (unpaired) electrons. The summed E-state index contributed by atoms with van der Waals surface area (Å²) < 4.78 is 5.24. The van der Waals surface area contributed by atoms with Gasteiger partial charge in [-0.05, 0) is 30.3 Å². The van der Waals surface area contributed by atoms with Crippen molar-refractivity contribution in [1.29, 1.82) is 0 Å². The Balaban J connectivity index is 2.04. The van der Waals surface area contributed by atoms with Crippen LogP contribution in [0.15, 0.2) is 47.0 Å². The number of para-hydroxylation sites is 1. The summed E-state index contributed by atoms with van der Waals surface area (Å²) >= 11 is 12.0. The number of halogens is 2. The number of nitrogen functional groups attached to an aromatic ring is 1. The van der Waals surface area contributed by atoms with Crippen LogP contribution in [0.1, 0.15) is 0 Å². The van der Waals surface area contributed by atoms with E-state index in [0.29, 0.717) is 38.6 Å². The average molecular weight is 306 g/mol. The van der Waals surface area contributed by atoms with Crippen LogP contribution in [0.5, 0.6) is 0 Å². The predicted molar refractivity (Wildman–Crippen MR) is 79.6 cm³/mol. The van der Waals surface area contributed by atoms with Crippen LogP contribution in [0, 0.1) is 0 Å². The van der Waals surface area contributed by atoms with E-state index in [0.717, 1.165) is 0 Å². The summed E-state index contributed by atoms with van der Waals surface area (Å²) in [5, 5.41) is 4.94. The van der Waals surface area contributed by atoms with Crippen molar-refractivity contribution in [1.82, 2.24) is 10.1 Å². The molecule has 6 heteroatoms. The van der Waals surface area contributed by atoms with Gasteiger partial charge in [-0.3, -0.25) is 0 Å². The molecule has 0 aliphatic rings. The van der Waals surface area contributed by atoms with E-state index in [-0.39, 0.29) is 0 Å². The predicted octanol–water partition coefficient (Wildman–Crippen LogP) is 4.29. The van der Waals surface area contributed by atoms with Gasteiger partial charge in [-0.2, -0.15) is 4.98 Å². The lowest BCUT2D eigenvalue weighted by Gasteiger charge is -1.99. The maximum absolute atomic E-state index is 6.12. The van der Waals surface area contributed by atoms with Crippen LogP contribution in [0.25, 0.3) is 22.8 Å². The highest BCUT2D eigenvalue weighted by Gasteiger charge is 2.14. The fourth-order valence-corrected chi connectivity index (χ4v) is 2.30. The van der Waals surface area contributed by atoms with Gasteiger partial charge in [0.15, 0.2) is 0 Å². The Kier molecular flexibility index (Phi) is 3.34. The zero-order chi connectivity index (χ0) is 14.1. The third-order valence-electron chi connectivity index (χ3n) is 2.79. The highest BCUT2D eigenvalue weighted by Crippen LogP contribution is 2.31. The topological polar surface area (TPSA) is 64.9 Å². The van der Waals surface area contributed by atoms with E-state index in [2.05, 4.69) is 10.1 Å². The first-order chi connectivity index (χ1) is 9.65. The first-order valence-electron chi connectivity index (χ1n) is 5.79. The summed E-state index contributed by atoms with van der Waals surface area (Å²) in [6.45, 7) is 0. The molecular weight excluding hydrogens is 297 g/mol. The Morgan fingerprint density at radius 3 is 2.55 bits per heavy atom. The highest BCUT2D eigenvalue weighted by atomic mass is 35.5. The molecule has 4 nitrogen and oxygen atoms in total. The Morgan fingerprint density at radius 2 is 1.80 bits per heavy atom. The van der Waals surface area contributed by atoms with Crippen molar-refractivity contribution in [2.45, 2.75) is 0 Å². The van der Waals surface area contributed by atoms with Crippen LogP contribution in [-0.4, -0.2) is 10.1 Å². The Labute approximate surface area is 125 Å². The number of benzene rings is 2. The molecule has 0 amide bonds. The number of hydrogen-bond donors (Lipinski definition) is 1. The zero-order valence-electron chi connectivity index (χ0n) is 10.2. The number of anilines is 1. The monoisotopic (exact) mass is 305 g/mol. The van der Waals surface area contributed by atoms with Crippen molar-refractivity contribution in [3.8, 4) is 22.8 Å². The second-order valence-electron chi connectivity index (χ2n) is 4.13. The molecule has 3 rings (SSSR count). The summed E-state index contributed by atoms with van der Waals surface area (Å²) in [5.74, 6) is 0.744. The first kappa shape index (κ1) is 13.0. The summed E-state index contributed by atoms with van der Waals surface area (Å²) in [6, 6.07) is 12.4. The molecule has 0 aliphatic carbocycles. The van der Waals surface area contributed by atoms with Crippen molar-refractivity contribution in [3.63, 3.8) is 0 Å². The number of rotatable bonds is 2. The number of nitrogens with two attached hydrogens (primary N) is 1. The van der Waals surface area contributed by atoms with Crippen LogP contribution in [-0.2, 0) is 0 Å². The minimum Gasteiger partial charge on any atom is -0.398 e. The van der Waals surface area contributed by atoms with E-state index in [9.17, 15) is 0 Å². The fraction of sp³-hybridized carbons (Fsp3) is 0. The van der Waals surface area contributed by atoms with Crippen molar-refractivity contribution in [3.05, 3.63) is 52.5 Å². The smallest absolute Gasteiger partial charge is 0.260 e. The third-order valence-corrected chi connectivity index (χ3v) is 3.34. The van der Waals surface area contributed by atoms with Gasteiger partial charge in [0.1, 0.15) is 0 Å². The maximum atomic E-state index is 6.12. The Morgan fingerprint density at radius 1 is 1.00 bits per heavy atom. The number of aromatic nitrogens is 2. The molecule has 1 heterocycles. The molecule has 20 heavy (non-hydrogen) atoms. The number of nitrogens with zero attached hydrogens (tertiary/aromatic N) is 2. The van der Waals surface area contributed by atoms with Crippen molar-refractivity contribution in [2.24, 2.45) is 0 Å². The molecule has 1 aromatic heterocycles. The minimum absolute atomic E-state index is 0.351. The van der Waals surface area contributed by atoms with Gasteiger partial charge in [0.2, 0.25) is 5.82 Å². The summed E-state index contributed by atoms with van der Waals surface area (Å²) in [4.78, 5) is 4.32. The van der Waals surface area contributed by atoms with E-state index in [1.165, 1.54) is 0 Å². The van der Waals surface area contributed by atoms with Gasteiger partial charge in [-0.25, -0.2) is 0 Å². The van der Waals surface area contributed by atoms with Gasteiger partial charge in [-0.15, -0.1) is 0 Å². The molecule has 0 unspecified atom stereocenters. The van der Waals surface area contributed by atoms with Crippen LogP contribution < -0.4 is 5.73 Å². The van der Waals surface area contributed by atoms with E-state index < -0.39 is 0 Å². The molecule has 0 spiro atoms. The van der Waals surface area contributed by atoms with Crippen molar-refractivity contribution in [2.75, 3.05) is 5.73 Å². The normalized spacial score (nSPS) is 10.7. The van der Waals surface area contributed by atoms with Crippen LogP contribution in [0.4, 0.5) is 5.69 Å².